The molecule has 3 aromatic carbocycles. The van der Waals surface area contributed by atoms with E-state index in [1.165, 1.54) is 0 Å². The Morgan fingerprint density at radius 1 is 0.679 bits per heavy atom. The Hall–Kier alpha value is -2.30. The second kappa shape index (κ2) is 7.61. The molecule has 28 heavy (non-hydrogen) atoms. The van der Waals surface area contributed by atoms with Crippen LogP contribution in [-0.2, 0) is 6.11 Å². The molecule has 0 spiro atoms. The van der Waals surface area contributed by atoms with Crippen molar-refractivity contribution < 1.29 is 35.5 Å². The van der Waals surface area contributed by atoms with Gasteiger partial charge in [-0.1, -0.05) is 12.1 Å². The summed E-state index contributed by atoms with van der Waals surface area (Å²) in [5.41, 5.74) is -1.35. The highest BCUT2D eigenvalue weighted by Gasteiger charge is 2.41. The van der Waals surface area contributed by atoms with E-state index >= 15 is 0 Å². The van der Waals surface area contributed by atoms with E-state index < -0.39 is 46.5 Å². The van der Waals surface area contributed by atoms with Gasteiger partial charge in [0.05, 0.1) is 0 Å². The largest absolute Gasteiger partial charge is 0.432 e. The molecule has 0 unspecified atom stereocenters. The summed E-state index contributed by atoms with van der Waals surface area (Å²) in [6, 6.07) is 8.07. The first kappa shape index (κ1) is 20.4. The van der Waals surface area contributed by atoms with Gasteiger partial charge in [-0.15, -0.1) is 0 Å². The molecule has 0 aliphatic rings. The maximum Gasteiger partial charge on any atom is 0.432 e. The van der Waals surface area contributed by atoms with Crippen molar-refractivity contribution in [3.63, 3.8) is 0 Å². The summed E-state index contributed by atoms with van der Waals surface area (Å²) in [6.45, 7) is 0. The molecule has 0 aromatic heterocycles. The van der Waals surface area contributed by atoms with Gasteiger partial charge in [0.15, 0.2) is 17.5 Å². The minimum absolute atomic E-state index is 0.00446. The minimum Gasteiger partial charge on any atom is -0.429 e. The summed E-state index contributed by atoms with van der Waals surface area (Å²) in [5.74, 6) is -9.86. The SMILES string of the molecule is Fc1cc(OC(F)(F)c2c(F)cc(-c3ccc(I)cc3)cc2F)cc(F)c1F. The Morgan fingerprint density at radius 3 is 1.68 bits per heavy atom. The van der Waals surface area contributed by atoms with Crippen LogP contribution in [-0.4, -0.2) is 0 Å². The van der Waals surface area contributed by atoms with Crippen LogP contribution in [0.2, 0.25) is 0 Å². The molecule has 0 N–H and O–H groups in total. The smallest absolute Gasteiger partial charge is 0.429 e. The van der Waals surface area contributed by atoms with Crippen molar-refractivity contribution in [1.29, 1.82) is 0 Å². The number of rotatable bonds is 4. The Kier molecular flexibility index (Phi) is 5.55. The van der Waals surface area contributed by atoms with Crippen LogP contribution in [0.5, 0.6) is 5.75 Å². The van der Waals surface area contributed by atoms with Crippen LogP contribution in [0.4, 0.5) is 30.7 Å². The van der Waals surface area contributed by atoms with Crippen molar-refractivity contribution in [3.8, 4) is 16.9 Å². The highest BCUT2D eigenvalue weighted by atomic mass is 127. The fourth-order valence-corrected chi connectivity index (χ4v) is 2.81. The lowest BCUT2D eigenvalue weighted by Gasteiger charge is -2.20. The maximum absolute atomic E-state index is 14.3. The second-order valence-electron chi connectivity index (χ2n) is 5.64. The maximum atomic E-state index is 14.3. The monoisotopic (exact) mass is 512 g/mol. The number of halogens is 8. The summed E-state index contributed by atoms with van der Waals surface area (Å²) in [4.78, 5) is 0. The molecule has 3 aromatic rings. The van der Waals surface area contributed by atoms with Gasteiger partial charge in [0, 0.05) is 15.7 Å². The van der Waals surface area contributed by atoms with Crippen LogP contribution in [0.1, 0.15) is 5.56 Å². The zero-order chi connectivity index (χ0) is 20.6. The first-order chi connectivity index (χ1) is 13.1. The van der Waals surface area contributed by atoms with Gasteiger partial charge in [0.25, 0.3) is 0 Å². The Bertz CT molecular complexity index is 989. The van der Waals surface area contributed by atoms with Gasteiger partial charge in [-0.3, -0.25) is 0 Å². The second-order valence-corrected chi connectivity index (χ2v) is 6.89. The number of ether oxygens (including phenoxy) is 1. The highest BCUT2D eigenvalue weighted by molar-refractivity contribution is 14.1. The Labute approximate surface area is 167 Å². The van der Waals surface area contributed by atoms with Crippen molar-refractivity contribution in [2.75, 3.05) is 0 Å². The Morgan fingerprint density at radius 2 is 1.18 bits per heavy atom. The zero-order valence-corrected chi connectivity index (χ0v) is 15.7. The average Bonchev–Trinajstić information content (AvgIpc) is 2.59. The molecule has 9 heteroatoms. The van der Waals surface area contributed by atoms with E-state index in [4.69, 9.17) is 0 Å². The minimum atomic E-state index is -4.62. The number of hydrogen-bond acceptors (Lipinski definition) is 1. The molecule has 0 atom stereocenters. The van der Waals surface area contributed by atoms with E-state index in [1.54, 1.807) is 24.3 Å². The van der Waals surface area contributed by atoms with Crippen molar-refractivity contribution in [1.82, 2.24) is 0 Å². The normalized spacial score (nSPS) is 11.6. The molecule has 0 saturated carbocycles. The van der Waals surface area contributed by atoms with E-state index in [1.807, 2.05) is 22.6 Å². The van der Waals surface area contributed by atoms with Crippen molar-refractivity contribution in [2.45, 2.75) is 6.11 Å². The van der Waals surface area contributed by atoms with Crippen molar-refractivity contribution >= 4 is 22.6 Å². The molecule has 3 rings (SSSR count). The molecule has 0 radical (unpaired) electrons. The third-order valence-corrected chi connectivity index (χ3v) is 4.43. The molecule has 0 bridgehead atoms. The lowest BCUT2D eigenvalue weighted by molar-refractivity contribution is -0.189. The lowest BCUT2D eigenvalue weighted by atomic mass is 10.0. The van der Waals surface area contributed by atoms with Gasteiger partial charge in [-0.25, -0.2) is 22.0 Å². The molecule has 0 amide bonds. The van der Waals surface area contributed by atoms with Gasteiger partial charge in [0.1, 0.15) is 22.9 Å². The van der Waals surface area contributed by atoms with Gasteiger partial charge < -0.3 is 4.74 Å². The first-order valence-corrected chi connectivity index (χ1v) is 8.63. The first-order valence-electron chi connectivity index (χ1n) is 7.55. The van der Waals surface area contributed by atoms with E-state index in [0.29, 0.717) is 17.7 Å². The average molecular weight is 512 g/mol. The van der Waals surface area contributed by atoms with Crippen LogP contribution >= 0.6 is 22.6 Å². The molecule has 0 aliphatic heterocycles. The molecule has 0 aliphatic carbocycles. The topological polar surface area (TPSA) is 9.23 Å². The summed E-state index contributed by atoms with van der Waals surface area (Å²) in [6.07, 6.45) is -4.62. The molecule has 0 fully saturated rings. The van der Waals surface area contributed by atoms with Crippen LogP contribution < -0.4 is 4.74 Å². The summed E-state index contributed by atoms with van der Waals surface area (Å²) >= 11 is 2.02. The fourth-order valence-electron chi connectivity index (χ4n) is 2.45. The standard InChI is InChI=1S/C19H8F7IO/c20-13-5-10(9-1-3-11(27)4-2-9)6-14(21)17(13)19(25,26)28-12-7-15(22)18(24)16(23)8-12/h1-8H. The van der Waals surface area contributed by atoms with Gasteiger partial charge in [0.2, 0.25) is 0 Å². The van der Waals surface area contributed by atoms with E-state index in [-0.39, 0.29) is 17.7 Å². The molecular weight excluding hydrogens is 504 g/mol. The molecule has 0 saturated heterocycles. The Balaban J connectivity index is 1.99. The highest BCUT2D eigenvalue weighted by Crippen LogP contribution is 2.37. The third kappa shape index (κ3) is 4.08. The molecular formula is C19H8F7IO. The lowest BCUT2D eigenvalue weighted by Crippen LogP contribution is -2.25. The van der Waals surface area contributed by atoms with Crippen LogP contribution in [0.25, 0.3) is 11.1 Å². The quantitative estimate of drug-likeness (QED) is 0.213. The predicted molar refractivity (Wildman–Crippen MR) is 95.3 cm³/mol. The third-order valence-electron chi connectivity index (χ3n) is 3.71. The number of alkyl halides is 2. The van der Waals surface area contributed by atoms with Crippen LogP contribution in [0.3, 0.4) is 0 Å². The summed E-state index contributed by atoms with van der Waals surface area (Å²) in [5, 5.41) is 0. The predicted octanol–water partition coefficient (Wildman–Crippen LogP) is 6.78. The van der Waals surface area contributed by atoms with E-state index in [0.717, 1.165) is 3.57 Å². The van der Waals surface area contributed by atoms with Crippen molar-refractivity contribution in [3.05, 3.63) is 86.8 Å². The van der Waals surface area contributed by atoms with Crippen LogP contribution in [0.15, 0.2) is 48.5 Å². The number of hydrogen-bond donors (Lipinski definition) is 0. The summed E-state index contributed by atoms with van der Waals surface area (Å²) < 4.78 is 101. The number of benzene rings is 3. The van der Waals surface area contributed by atoms with Gasteiger partial charge in [-0.2, -0.15) is 8.78 Å². The fraction of sp³-hybridized carbons (Fsp3) is 0.0526. The van der Waals surface area contributed by atoms with Gasteiger partial charge >= 0.3 is 6.11 Å². The zero-order valence-electron chi connectivity index (χ0n) is 13.6. The van der Waals surface area contributed by atoms with E-state index in [2.05, 4.69) is 4.74 Å². The molecule has 0 heterocycles. The summed E-state index contributed by atoms with van der Waals surface area (Å²) in [7, 11) is 0. The van der Waals surface area contributed by atoms with E-state index in [9.17, 15) is 30.7 Å². The molecule has 146 valence electrons. The molecule has 1 nitrogen and oxygen atoms in total. The van der Waals surface area contributed by atoms with Gasteiger partial charge in [-0.05, 0) is 58.0 Å². The van der Waals surface area contributed by atoms with Crippen LogP contribution in [0, 0.1) is 32.7 Å². The van der Waals surface area contributed by atoms with Crippen molar-refractivity contribution in [2.24, 2.45) is 0 Å².